The minimum Gasteiger partial charge on any atom is -0.440 e. The molecule has 1 heterocycles. The van der Waals surface area contributed by atoms with E-state index in [1.807, 2.05) is 0 Å². The molecule has 86 valence electrons. The van der Waals surface area contributed by atoms with Gasteiger partial charge in [-0.15, -0.1) is 0 Å². The molecule has 1 rings (SSSR count). The van der Waals surface area contributed by atoms with Crippen molar-refractivity contribution in [3.63, 3.8) is 0 Å². The number of unbranched alkanes of at least 4 members (excludes halogenated alkanes) is 1. The number of hydrogen-bond acceptors (Lipinski definition) is 4. The molecule has 0 aliphatic carbocycles. The zero-order chi connectivity index (χ0) is 10.9. The molecule has 1 N–H and O–H groups in total. The summed E-state index contributed by atoms with van der Waals surface area (Å²) >= 11 is 1.69. The maximum absolute atomic E-state index is 5.14. The highest BCUT2D eigenvalue weighted by Gasteiger charge is 2.00. The highest BCUT2D eigenvalue weighted by atomic mass is 32.2. The molecule has 0 spiro atoms. The monoisotopic (exact) mass is 228 g/mol. The molecule has 0 saturated heterocycles. The molecule has 15 heavy (non-hydrogen) atoms. The van der Waals surface area contributed by atoms with Crippen LogP contribution in [0.15, 0.2) is 22.1 Å². The van der Waals surface area contributed by atoms with Crippen molar-refractivity contribution in [1.82, 2.24) is 10.3 Å². The summed E-state index contributed by atoms with van der Waals surface area (Å²) in [6.45, 7) is 5.45. The first-order valence-corrected chi connectivity index (χ1v) is 6.57. The Morgan fingerprint density at radius 1 is 1.53 bits per heavy atom. The second-order valence-electron chi connectivity index (χ2n) is 3.60. The minimum atomic E-state index is 0.640. The van der Waals surface area contributed by atoms with Crippen molar-refractivity contribution >= 4 is 11.8 Å². The van der Waals surface area contributed by atoms with Crippen LogP contribution >= 0.6 is 11.8 Å². The average Bonchev–Trinajstić information content (AvgIpc) is 2.70. The SMILES string of the molecule is CCNC(C)CCCCSc1ncco1. The van der Waals surface area contributed by atoms with Crippen molar-refractivity contribution in [2.24, 2.45) is 0 Å². The van der Waals surface area contributed by atoms with E-state index in [1.165, 1.54) is 19.3 Å². The van der Waals surface area contributed by atoms with Crippen molar-refractivity contribution in [2.75, 3.05) is 12.3 Å². The van der Waals surface area contributed by atoms with Gasteiger partial charge in [0.15, 0.2) is 0 Å². The van der Waals surface area contributed by atoms with E-state index in [4.69, 9.17) is 4.42 Å². The number of nitrogens with one attached hydrogen (secondary N) is 1. The summed E-state index contributed by atoms with van der Waals surface area (Å²) in [5.74, 6) is 1.10. The highest BCUT2D eigenvalue weighted by Crippen LogP contribution is 2.17. The van der Waals surface area contributed by atoms with Gasteiger partial charge in [-0.2, -0.15) is 0 Å². The zero-order valence-corrected chi connectivity index (χ0v) is 10.3. The van der Waals surface area contributed by atoms with Crippen LogP contribution in [0.2, 0.25) is 0 Å². The van der Waals surface area contributed by atoms with Crippen LogP contribution in [0.3, 0.4) is 0 Å². The Hall–Kier alpha value is -0.480. The van der Waals surface area contributed by atoms with Gasteiger partial charge in [0, 0.05) is 11.8 Å². The summed E-state index contributed by atoms with van der Waals surface area (Å²) in [6, 6.07) is 0.640. The lowest BCUT2D eigenvalue weighted by molar-refractivity contribution is 0.453. The minimum absolute atomic E-state index is 0.640. The molecule has 1 aromatic heterocycles. The predicted octanol–water partition coefficient (Wildman–Crippen LogP) is 2.94. The van der Waals surface area contributed by atoms with Crippen molar-refractivity contribution in [3.05, 3.63) is 12.5 Å². The van der Waals surface area contributed by atoms with Gasteiger partial charge in [0.2, 0.25) is 0 Å². The molecule has 0 bridgehead atoms. The Kier molecular flexibility index (Phi) is 6.52. The van der Waals surface area contributed by atoms with Gasteiger partial charge >= 0.3 is 0 Å². The van der Waals surface area contributed by atoms with Crippen molar-refractivity contribution < 1.29 is 4.42 Å². The average molecular weight is 228 g/mol. The van der Waals surface area contributed by atoms with Gasteiger partial charge in [-0.05, 0) is 26.3 Å². The lowest BCUT2D eigenvalue weighted by Crippen LogP contribution is -2.25. The van der Waals surface area contributed by atoms with E-state index in [9.17, 15) is 0 Å². The second kappa shape index (κ2) is 7.77. The van der Waals surface area contributed by atoms with E-state index in [0.29, 0.717) is 6.04 Å². The van der Waals surface area contributed by atoms with Crippen molar-refractivity contribution in [2.45, 2.75) is 44.4 Å². The molecule has 0 aliphatic heterocycles. The molecule has 1 aromatic rings. The first-order valence-electron chi connectivity index (χ1n) is 5.58. The summed E-state index contributed by atoms with van der Waals surface area (Å²) in [5.41, 5.74) is 0. The van der Waals surface area contributed by atoms with Gasteiger partial charge in [-0.3, -0.25) is 0 Å². The molecular weight excluding hydrogens is 208 g/mol. The standard InChI is InChI=1S/C11H20N2OS/c1-3-12-10(2)6-4-5-9-15-11-13-7-8-14-11/h7-8,10,12H,3-6,9H2,1-2H3. The van der Waals surface area contributed by atoms with Gasteiger partial charge in [-0.1, -0.05) is 25.1 Å². The molecule has 0 radical (unpaired) electrons. The first kappa shape index (κ1) is 12.6. The van der Waals surface area contributed by atoms with Crippen LogP contribution in [0.1, 0.15) is 33.1 Å². The van der Waals surface area contributed by atoms with E-state index in [0.717, 1.165) is 17.5 Å². The molecule has 1 unspecified atom stereocenters. The van der Waals surface area contributed by atoms with Crippen LogP contribution in [0.5, 0.6) is 0 Å². The zero-order valence-electron chi connectivity index (χ0n) is 9.53. The summed E-state index contributed by atoms with van der Waals surface area (Å²) in [4.78, 5) is 4.06. The third-order valence-electron chi connectivity index (χ3n) is 2.22. The summed E-state index contributed by atoms with van der Waals surface area (Å²) < 4.78 is 5.14. The predicted molar refractivity (Wildman–Crippen MR) is 64.2 cm³/mol. The lowest BCUT2D eigenvalue weighted by Gasteiger charge is -2.10. The third kappa shape index (κ3) is 5.85. The molecular formula is C11H20N2OS. The normalized spacial score (nSPS) is 12.9. The Bertz CT molecular complexity index is 239. The maximum atomic E-state index is 5.14. The fourth-order valence-electron chi connectivity index (χ4n) is 1.44. The summed E-state index contributed by atoms with van der Waals surface area (Å²) in [6.07, 6.45) is 7.05. The summed E-state index contributed by atoms with van der Waals surface area (Å²) in [5, 5.41) is 4.20. The van der Waals surface area contributed by atoms with Gasteiger partial charge < -0.3 is 9.73 Å². The van der Waals surface area contributed by atoms with Gasteiger partial charge in [0.1, 0.15) is 6.26 Å². The molecule has 0 aromatic carbocycles. The largest absolute Gasteiger partial charge is 0.440 e. The van der Waals surface area contributed by atoms with Crippen LogP contribution in [-0.2, 0) is 0 Å². The second-order valence-corrected chi connectivity index (χ2v) is 4.65. The van der Waals surface area contributed by atoms with Crippen molar-refractivity contribution in [1.29, 1.82) is 0 Å². The molecule has 1 atom stereocenters. The van der Waals surface area contributed by atoms with Crippen LogP contribution in [-0.4, -0.2) is 23.3 Å². The highest BCUT2D eigenvalue weighted by molar-refractivity contribution is 7.99. The van der Waals surface area contributed by atoms with Gasteiger partial charge in [-0.25, -0.2) is 4.98 Å². The molecule has 0 saturated carbocycles. The van der Waals surface area contributed by atoms with E-state index >= 15 is 0 Å². The van der Waals surface area contributed by atoms with Crippen LogP contribution in [0.4, 0.5) is 0 Å². The molecule has 0 amide bonds. The molecule has 3 nitrogen and oxygen atoms in total. The summed E-state index contributed by atoms with van der Waals surface area (Å²) in [7, 11) is 0. The first-order chi connectivity index (χ1) is 7.33. The lowest BCUT2D eigenvalue weighted by atomic mass is 10.1. The van der Waals surface area contributed by atoms with E-state index in [2.05, 4.69) is 24.1 Å². The number of rotatable bonds is 8. The smallest absolute Gasteiger partial charge is 0.255 e. The Balaban J connectivity index is 1.93. The number of aromatic nitrogens is 1. The van der Waals surface area contributed by atoms with Crippen LogP contribution < -0.4 is 5.32 Å². The fourth-order valence-corrected chi connectivity index (χ4v) is 2.23. The Morgan fingerprint density at radius 3 is 3.07 bits per heavy atom. The van der Waals surface area contributed by atoms with Crippen LogP contribution in [0, 0.1) is 0 Å². The molecule has 4 heteroatoms. The number of hydrogen-bond donors (Lipinski definition) is 1. The van der Waals surface area contributed by atoms with Crippen molar-refractivity contribution in [3.8, 4) is 0 Å². The number of nitrogens with zero attached hydrogens (tertiary/aromatic N) is 1. The van der Waals surface area contributed by atoms with Gasteiger partial charge in [0.25, 0.3) is 5.22 Å². The topological polar surface area (TPSA) is 38.1 Å². The number of thioether (sulfide) groups is 1. The van der Waals surface area contributed by atoms with E-state index in [-0.39, 0.29) is 0 Å². The van der Waals surface area contributed by atoms with Gasteiger partial charge in [0.05, 0.1) is 6.20 Å². The number of oxazole rings is 1. The third-order valence-corrected chi connectivity index (χ3v) is 3.16. The Labute approximate surface area is 96.0 Å². The quantitative estimate of drug-likeness (QED) is 0.548. The Morgan fingerprint density at radius 2 is 2.40 bits per heavy atom. The fraction of sp³-hybridized carbons (Fsp3) is 0.727. The molecule has 0 fully saturated rings. The maximum Gasteiger partial charge on any atom is 0.255 e. The van der Waals surface area contributed by atoms with E-state index in [1.54, 1.807) is 24.2 Å². The van der Waals surface area contributed by atoms with Crippen LogP contribution in [0.25, 0.3) is 0 Å². The molecule has 0 aliphatic rings. The van der Waals surface area contributed by atoms with E-state index < -0.39 is 0 Å².